The number of nitrogens with zero attached hydrogens (tertiary/aromatic N) is 2. The van der Waals surface area contributed by atoms with Crippen LogP contribution in [-0.2, 0) is 25.4 Å². The Morgan fingerprint density at radius 1 is 1.17 bits per heavy atom. The second-order valence-corrected chi connectivity index (χ2v) is 11.4. The first-order valence-electron chi connectivity index (χ1n) is 12.5. The Bertz CT molecular complexity index is 1010. The van der Waals surface area contributed by atoms with Crippen molar-refractivity contribution in [2.24, 2.45) is 11.7 Å². The minimum atomic E-state index is -3.74. The largest absolute Gasteiger partial charge is 0.394 e. The standard InChI is InChI=1S/C24H38N6O5S/c25-24(26)30-12-6-9-19(14-30)13-20(16-31)27-22(32)15-29-11-5-4-10-21(23(29)33)28-36(34,35)17-18-7-2-1-3-8-18/h1-3,7-8,19-21,28,31H,4-6,9-17H2,(H3,25,26)(H,27,32)/t19?,20-,21-/m0/s1. The molecule has 0 radical (unpaired) electrons. The van der Waals surface area contributed by atoms with Crippen LogP contribution in [0.2, 0.25) is 0 Å². The maximum Gasteiger partial charge on any atom is 0.241 e. The van der Waals surface area contributed by atoms with E-state index in [1.807, 2.05) is 0 Å². The number of carbonyl (C=O) groups is 2. The van der Waals surface area contributed by atoms with Crippen LogP contribution < -0.4 is 15.8 Å². The number of rotatable bonds is 10. The number of aliphatic hydroxyl groups is 1. The molecule has 0 aromatic heterocycles. The van der Waals surface area contributed by atoms with Gasteiger partial charge in [0.2, 0.25) is 21.8 Å². The summed E-state index contributed by atoms with van der Waals surface area (Å²) in [6.07, 6.45) is 4.06. The van der Waals surface area contributed by atoms with Crippen molar-refractivity contribution in [1.82, 2.24) is 19.8 Å². The fourth-order valence-electron chi connectivity index (χ4n) is 4.93. The molecule has 0 aliphatic carbocycles. The molecule has 2 amide bonds. The van der Waals surface area contributed by atoms with Gasteiger partial charge in [-0.25, -0.2) is 13.1 Å². The number of amides is 2. The highest BCUT2D eigenvalue weighted by Gasteiger charge is 2.32. The number of hydrogen-bond acceptors (Lipinski definition) is 6. The van der Waals surface area contributed by atoms with Crippen LogP contribution in [0.4, 0.5) is 0 Å². The Kier molecular flexibility index (Phi) is 10.1. The zero-order chi connectivity index (χ0) is 26.1. The average molecular weight is 523 g/mol. The number of nitrogens with one attached hydrogen (secondary N) is 3. The molecule has 2 saturated heterocycles. The summed E-state index contributed by atoms with van der Waals surface area (Å²) in [6.45, 7) is 1.27. The van der Waals surface area contributed by atoms with Crippen LogP contribution in [0, 0.1) is 11.3 Å². The fourth-order valence-corrected chi connectivity index (χ4v) is 6.29. The van der Waals surface area contributed by atoms with E-state index in [1.165, 1.54) is 4.90 Å². The molecule has 2 fully saturated rings. The molecule has 12 heteroatoms. The van der Waals surface area contributed by atoms with Gasteiger partial charge in [0.05, 0.1) is 24.9 Å². The quantitative estimate of drug-likeness (QED) is 0.212. The summed E-state index contributed by atoms with van der Waals surface area (Å²) < 4.78 is 27.9. The van der Waals surface area contributed by atoms with Gasteiger partial charge in [0, 0.05) is 19.6 Å². The predicted octanol–water partition coefficient (Wildman–Crippen LogP) is -0.0402. The van der Waals surface area contributed by atoms with E-state index in [0.29, 0.717) is 44.3 Å². The van der Waals surface area contributed by atoms with Crippen molar-refractivity contribution in [3.63, 3.8) is 0 Å². The highest BCUT2D eigenvalue weighted by atomic mass is 32.2. The minimum absolute atomic E-state index is 0.0258. The van der Waals surface area contributed by atoms with E-state index in [2.05, 4.69) is 10.0 Å². The second kappa shape index (κ2) is 13.0. The summed E-state index contributed by atoms with van der Waals surface area (Å²) in [7, 11) is -3.74. The number of piperidine rings is 1. The molecule has 2 aliphatic heterocycles. The van der Waals surface area contributed by atoms with Crippen molar-refractivity contribution in [1.29, 1.82) is 5.41 Å². The number of nitrogens with two attached hydrogens (primary N) is 1. The van der Waals surface area contributed by atoms with Crippen LogP contribution in [0.25, 0.3) is 0 Å². The van der Waals surface area contributed by atoms with E-state index < -0.39 is 33.9 Å². The first-order chi connectivity index (χ1) is 17.2. The lowest BCUT2D eigenvalue weighted by molar-refractivity contribution is -0.137. The summed E-state index contributed by atoms with van der Waals surface area (Å²) in [6, 6.07) is 7.36. The Balaban J connectivity index is 1.54. The van der Waals surface area contributed by atoms with Gasteiger partial charge in [-0.15, -0.1) is 0 Å². The highest BCUT2D eigenvalue weighted by molar-refractivity contribution is 7.88. The Morgan fingerprint density at radius 2 is 1.92 bits per heavy atom. The van der Waals surface area contributed by atoms with Crippen molar-refractivity contribution < 1.29 is 23.1 Å². The summed E-state index contributed by atoms with van der Waals surface area (Å²) in [5.41, 5.74) is 6.23. The maximum atomic E-state index is 13.1. The molecule has 0 spiro atoms. The molecule has 1 aromatic rings. The van der Waals surface area contributed by atoms with Gasteiger partial charge >= 0.3 is 0 Å². The molecule has 2 heterocycles. The molecule has 36 heavy (non-hydrogen) atoms. The van der Waals surface area contributed by atoms with E-state index in [-0.39, 0.29) is 30.8 Å². The Labute approximate surface area is 213 Å². The molecule has 1 aromatic carbocycles. The van der Waals surface area contributed by atoms with E-state index in [0.717, 1.165) is 19.4 Å². The van der Waals surface area contributed by atoms with Crippen LogP contribution >= 0.6 is 0 Å². The summed E-state index contributed by atoms with van der Waals surface area (Å²) in [5, 5.41) is 20.3. The van der Waals surface area contributed by atoms with Gasteiger partial charge in [0.1, 0.15) is 6.04 Å². The lowest BCUT2D eigenvalue weighted by Crippen LogP contribution is -2.52. The molecule has 0 bridgehead atoms. The van der Waals surface area contributed by atoms with Crippen LogP contribution in [0.5, 0.6) is 0 Å². The van der Waals surface area contributed by atoms with Gasteiger partial charge in [-0.3, -0.25) is 15.0 Å². The highest BCUT2D eigenvalue weighted by Crippen LogP contribution is 2.21. The molecule has 11 nitrogen and oxygen atoms in total. The number of benzene rings is 1. The average Bonchev–Trinajstić information content (AvgIpc) is 3.00. The third kappa shape index (κ3) is 8.45. The van der Waals surface area contributed by atoms with Crippen LogP contribution in [0.15, 0.2) is 30.3 Å². The van der Waals surface area contributed by atoms with E-state index >= 15 is 0 Å². The van der Waals surface area contributed by atoms with Crippen molar-refractivity contribution in [3.8, 4) is 0 Å². The molecule has 3 rings (SSSR count). The summed E-state index contributed by atoms with van der Waals surface area (Å²) in [4.78, 5) is 29.1. The van der Waals surface area contributed by atoms with Crippen molar-refractivity contribution in [2.75, 3.05) is 32.8 Å². The van der Waals surface area contributed by atoms with Crippen molar-refractivity contribution in [2.45, 2.75) is 56.4 Å². The molecule has 1 unspecified atom stereocenters. The zero-order valence-electron chi connectivity index (χ0n) is 20.6. The molecular formula is C24H38N6O5S. The number of carbonyl (C=O) groups excluding carboxylic acids is 2. The summed E-state index contributed by atoms with van der Waals surface area (Å²) in [5.74, 6) is -0.821. The van der Waals surface area contributed by atoms with E-state index in [9.17, 15) is 23.1 Å². The monoisotopic (exact) mass is 522 g/mol. The first kappa shape index (κ1) is 27.9. The molecular weight excluding hydrogens is 484 g/mol. The molecule has 3 atom stereocenters. The normalized spacial score (nSPS) is 22.1. The lowest BCUT2D eigenvalue weighted by atomic mass is 9.91. The van der Waals surface area contributed by atoms with Crippen LogP contribution in [0.1, 0.15) is 44.1 Å². The maximum absolute atomic E-state index is 13.1. The van der Waals surface area contributed by atoms with Gasteiger partial charge in [-0.2, -0.15) is 0 Å². The van der Waals surface area contributed by atoms with Crippen molar-refractivity contribution >= 4 is 27.8 Å². The third-order valence-electron chi connectivity index (χ3n) is 6.70. The SMILES string of the molecule is N=C(N)N1CCCC(C[C@@H](CO)NC(=O)CN2CCCC[C@H](NS(=O)(=O)Cc3ccccc3)C2=O)C1. The van der Waals surface area contributed by atoms with Gasteiger partial charge < -0.3 is 26.0 Å². The first-order valence-corrected chi connectivity index (χ1v) is 14.1. The van der Waals surface area contributed by atoms with Gasteiger partial charge in [0.15, 0.2) is 5.96 Å². The smallest absolute Gasteiger partial charge is 0.241 e. The van der Waals surface area contributed by atoms with E-state index in [1.54, 1.807) is 35.2 Å². The number of guanidine groups is 1. The zero-order valence-corrected chi connectivity index (χ0v) is 21.4. The Morgan fingerprint density at radius 3 is 2.61 bits per heavy atom. The molecule has 200 valence electrons. The third-order valence-corrected chi connectivity index (χ3v) is 8.06. The molecule has 6 N–H and O–H groups in total. The predicted molar refractivity (Wildman–Crippen MR) is 136 cm³/mol. The van der Waals surface area contributed by atoms with Crippen molar-refractivity contribution in [3.05, 3.63) is 35.9 Å². The van der Waals surface area contributed by atoms with Crippen LogP contribution in [0.3, 0.4) is 0 Å². The van der Waals surface area contributed by atoms with E-state index in [4.69, 9.17) is 11.1 Å². The molecule has 2 aliphatic rings. The molecule has 0 saturated carbocycles. The van der Waals surface area contributed by atoms with Gasteiger partial charge in [0.25, 0.3) is 0 Å². The minimum Gasteiger partial charge on any atom is -0.394 e. The summed E-state index contributed by atoms with van der Waals surface area (Å²) >= 11 is 0. The number of sulfonamides is 1. The topological polar surface area (TPSA) is 169 Å². The second-order valence-electron chi connectivity index (χ2n) is 9.69. The lowest BCUT2D eigenvalue weighted by Gasteiger charge is -2.34. The van der Waals surface area contributed by atoms with Gasteiger partial charge in [-0.05, 0) is 50.0 Å². The number of aliphatic hydroxyl groups excluding tert-OH is 1. The van der Waals surface area contributed by atoms with Gasteiger partial charge in [-0.1, -0.05) is 30.3 Å². The fraction of sp³-hybridized carbons (Fsp3) is 0.625. The Hall–Kier alpha value is -2.70. The number of hydrogen-bond donors (Lipinski definition) is 5. The van der Waals surface area contributed by atoms with Crippen LogP contribution in [-0.4, -0.2) is 86.0 Å². The number of likely N-dealkylation sites (tertiary alicyclic amines) is 2.